The van der Waals surface area contributed by atoms with Crippen LogP contribution in [0.25, 0.3) is 0 Å². The highest BCUT2D eigenvalue weighted by Gasteiger charge is 2.34. The van der Waals surface area contributed by atoms with Crippen LogP contribution in [0.2, 0.25) is 0 Å². The van der Waals surface area contributed by atoms with Crippen LogP contribution in [0.5, 0.6) is 0 Å². The molecule has 1 saturated heterocycles. The highest BCUT2D eigenvalue weighted by molar-refractivity contribution is 5.84. The van der Waals surface area contributed by atoms with Gasteiger partial charge in [0.25, 0.3) is 6.29 Å². The van der Waals surface area contributed by atoms with Crippen molar-refractivity contribution in [1.82, 2.24) is 0 Å². The van der Waals surface area contributed by atoms with Crippen LogP contribution < -0.4 is 0 Å². The number of benzene rings is 1. The summed E-state index contributed by atoms with van der Waals surface area (Å²) in [5, 5.41) is 0. The summed E-state index contributed by atoms with van der Waals surface area (Å²) < 4.78 is 0. The Morgan fingerprint density at radius 3 is 2.50 bits per heavy atom. The first-order valence-electron chi connectivity index (χ1n) is 3.75. The van der Waals surface area contributed by atoms with Crippen molar-refractivity contribution >= 4 is 5.78 Å². The second-order valence-electron chi connectivity index (χ2n) is 2.65. The summed E-state index contributed by atoms with van der Waals surface area (Å²) >= 11 is 0. The number of carbonyl (C=O) groups excluding carboxylic acids is 1. The molecule has 62 valence electrons. The number of hydrogen-bond acceptors (Lipinski definition) is 3. The van der Waals surface area contributed by atoms with Gasteiger partial charge in [-0.2, -0.15) is 9.78 Å². The lowest BCUT2D eigenvalue weighted by atomic mass is 10.1. The molecule has 1 aromatic rings. The number of hydrogen-bond donors (Lipinski definition) is 0. The van der Waals surface area contributed by atoms with Crippen molar-refractivity contribution in [3.8, 4) is 0 Å². The topological polar surface area (TPSA) is 42.1 Å². The van der Waals surface area contributed by atoms with Gasteiger partial charge in [-0.25, -0.2) is 0 Å². The van der Waals surface area contributed by atoms with Crippen molar-refractivity contribution in [3.63, 3.8) is 0 Å². The second-order valence-corrected chi connectivity index (χ2v) is 2.65. The Hall–Kier alpha value is -1.19. The van der Waals surface area contributed by atoms with Gasteiger partial charge in [0, 0.05) is 6.42 Å². The zero-order chi connectivity index (χ0) is 8.39. The van der Waals surface area contributed by atoms with Crippen molar-refractivity contribution in [3.05, 3.63) is 35.9 Å². The average molecular weight is 164 g/mol. The van der Waals surface area contributed by atoms with E-state index in [1.807, 2.05) is 30.3 Å². The largest absolute Gasteiger partial charge is 0.293 e. The smallest absolute Gasteiger partial charge is 0.282 e. The molecule has 0 bridgehead atoms. The molecule has 1 aromatic carbocycles. The van der Waals surface area contributed by atoms with E-state index in [1.165, 1.54) is 0 Å². The molecule has 0 N–H and O–H groups in total. The molecule has 12 heavy (non-hydrogen) atoms. The first kappa shape index (κ1) is 7.46. The molecule has 0 aromatic heterocycles. The maximum absolute atomic E-state index is 11.1. The van der Waals surface area contributed by atoms with Gasteiger partial charge in [0.15, 0.2) is 5.78 Å². The van der Waals surface area contributed by atoms with E-state index in [1.54, 1.807) is 0 Å². The van der Waals surface area contributed by atoms with Gasteiger partial charge >= 0.3 is 0 Å². The third-order valence-corrected chi connectivity index (χ3v) is 1.68. The molecule has 0 saturated carbocycles. The summed E-state index contributed by atoms with van der Waals surface area (Å²) in [5.74, 6) is -0.0267. The van der Waals surface area contributed by atoms with Crippen LogP contribution in [0, 0.1) is 0 Å². The summed E-state index contributed by atoms with van der Waals surface area (Å²) in [6.45, 7) is 0. The van der Waals surface area contributed by atoms with E-state index >= 15 is 0 Å². The summed E-state index contributed by atoms with van der Waals surface area (Å²) in [4.78, 5) is 19.9. The van der Waals surface area contributed by atoms with Gasteiger partial charge in [-0.1, -0.05) is 30.3 Å². The normalized spacial score (nSPS) is 16.0. The second kappa shape index (κ2) is 3.05. The highest BCUT2D eigenvalue weighted by Crippen LogP contribution is 2.15. The Morgan fingerprint density at radius 2 is 1.92 bits per heavy atom. The van der Waals surface area contributed by atoms with Crippen LogP contribution in [0.3, 0.4) is 0 Å². The monoisotopic (exact) mass is 164 g/mol. The molecule has 1 heterocycles. The lowest BCUT2D eigenvalue weighted by Crippen LogP contribution is -2.09. The molecule has 0 aliphatic carbocycles. The Balaban J connectivity index is 1.98. The van der Waals surface area contributed by atoms with E-state index < -0.39 is 6.29 Å². The third-order valence-electron chi connectivity index (χ3n) is 1.68. The van der Waals surface area contributed by atoms with E-state index in [0.29, 0.717) is 6.42 Å². The Labute approximate surface area is 69.8 Å². The van der Waals surface area contributed by atoms with Crippen LogP contribution in [0.1, 0.15) is 5.56 Å². The number of carbonyl (C=O) groups is 1. The minimum absolute atomic E-state index is 0.0267. The SMILES string of the molecule is O=C(Cc1ccccc1)C1OO1. The predicted octanol–water partition coefficient (Wildman–Crippen LogP) is 1.09. The predicted molar refractivity (Wildman–Crippen MR) is 41.1 cm³/mol. The van der Waals surface area contributed by atoms with Crippen LogP contribution in [-0.4, -0.2) is 12.1 Å². The standard InChI is InChI=1S/C9H8O3/c10-8(9-11-12-9)6-7-4-2-1-3-5-7/h1-5,9H,6H2. The summed E-state index contributed by atoms with van der Waals surface area (Å²) in [6, 6.07) is 9.52. The van der Waals surface area contributed by atoms with Crippen LogP contribution >= 0.6 is 0 Å². The molecular formula is C9H8O3. The van der Waals surface area contributed by atoms with E-state index in [4.69, 9.17) is 0 Å². The van der Waals surface area contributed by atoms with E-state index in [-0.39, 0.29) is 5.78 Å². The van der Waals surface area contributed by atoms with E-state index in [0.717, 1.165) is 5.56 Å². The fraction of sp³-hybridized carbons (Fsp3) is 0.222. The molecule has 0 radical (unpaired) electrons. The minimum atomic E-state index is -0.606. The fourth-order valence-corrected chi connectivity index (χ4v) is 1.02. The molecule has 1 fully saturated rings. The maximum Gasteiger partial charge on any atom is 0.282 e. The third kappa shape index (κ3) is 1.69. The summed E-state index contributed by atoms with van der Waals surface area (Å²) in [6.07, 6.45) is -0.226. The zero-order valence-electron chi connectivity index (χ0n) is 6.40. The van der Waals surface area contributed by atoms with Gasteiger partial charge in [-0.15, -0.1) is 0 Å². The van der Waals surface area contributed by atoms with Crippen LogP contribution in [-0.2, 0) is 21.0 Å². The van der Waals surface area contributed by atoms with Crippen molar-refractivity contribution in [2.75, 3.05) is 0 Å². The van der Waals surface area contributed by atoms with Crippen molar-refractivity contribution in [2.24, 2.45) is 0 Å². The van der Waals surface area contributed by atoms with Gasteiger partial charge in [0.05, 0.1) is 0 Å². The Bertz CT molecular complexity index is 277. The number of ketones is 1. The average Bonchev–Trinajstić information content (AvgIpc) is 2.88. The van der Waals surface area contributed by atoms with Gasteiger partial charge in [0.2, 0.25) is 0 Å². The van der Waals surface area contributed by atoms with Gasteiger partial charge < -0.3 is 0 Å². The molecule has 3 nitrogen and oxygen atoms in total. The molecular weight excluding hydrogens is 156 g/mol. The fourth-order valence-electron chi connectivity index (χ4n) is 1.02. The minimum Gasteiger partial charge on any atom is -0.293 e. The first-order chi connectivity index (χ1) is 5.86. The summed E-state index contributed by atoms with van der Waals surface area (Å²) in [5.41, 5.74) is 0.988. The summed E-state index contributed by atoms with van der Waals surface area (Å²) in [7, 11) is 0. The molecule has 0 unspecified atom stereocenters. The lowest BCUT2D eigenvalue weighted by molar-refractivity contribution is -0.120. The molecule has 0 amide bonds. The zero-order valence-corrected chi connectivity index (χ0v) is 6.40. The van der Waals surface area contributed by atoms with Gasteiger partial charge in [0.1, 0.15) is 0 Å². The van der Waals surface area contributed by atoms with E-state index in [2.05, 4.69) is 9.78 Å². The quantitative estimate of drug-likeness (QED) is 0.496. The number of rotatable bonds is 3. The number of Topliss-reactive ketones (excluding diaryl/α,β-unsaturated/α-hetero) is 1. The highest BCUT2D eigenvalue weighted by atomic mass is 17.4. The maximum atomic E-state index is 11.1. The van der Waals surface area contributed by atoms with Gasteiger partial charge in [-0.05, 0) is 5.56 Å². The molecule has 3 heteroatoms. The van der Waals surface area contributed by atoms with Crippen molar-refractivity contribution in [1.29, 1.82) is 0 Å². The van der Waals surface area contributed by atoms with Crippen LogP contribution in [0.4, 0.5) is 0 Å². The Morgan fingerprint density at radius 1 is 1.25 bits per heavy atom. The molecule has 1 aliphatic heterocycles. The van der Waals surface area contributed by atoms with Crippen LogP contribution in [0.15, 0.2) is 30.3 Å². The van der Waals surface area contributed by atoms with Crippen molar-refractivity contribution in [2.45, 2.75) is 12.7 Å². The van der Waals surface area contributed by atoms with Crippen molar-refractivity contribution < 1.29 is 14.6 Å². The lowest BCUT2D eigenvalue weighted by Gasteiger charge is -1.94. The molecule has 1 aliphatic rings. The first-order valence-corrected chi connectivity index (χ1v) is 3.75. The van der Waals surface area contributed by atoms with Gasteiger partial charge in [-0.3, -0.25) is 4.79 Å². The molecule has 0 spiro atoms. The Kier molecular flexibility index (Phi) is 1.89. The molecule has 2 rings (SSSR count). The molecule has 0 atom stereocenters. The van der Waals surface area contributed by atoms with E-state index in [9.17, 15) is 4.79 Å².